The standard InChI is InChI=1S/C28H38N4O4/c1-19-11-20(2)15-31(14-19)28(34)17-30-9-7-29(8-10-30)16-25(33)24-12-21(3)32(22(24)4)23-5-6-26-27(13-23)36-18-35-26/h5-6,12-13,19-20H,7-11,14-18H2,1-4H3. The number of Topliss-reactive ketones (excluding diaryl/α,β-unsaturated/α-hetero) is 1. The molecule has 0 aliphatic carbocycles. The molecule has 8 nitrogen and oxygen atoms in total. The summed E-state index contributed by atoms with van der Waals surface area (Å²) in [4.78, 5) is 32.6. The number of ether oxygens (including phenoxy) is 2. The summed E-state index contributed by atoms with van der Waals surface area (Å²) in [5, 5.41) is 0. The minimum Gasteiger partial charge on any atom is -0.454 e. The zero-order valence-electron chi connectivity index (χ0n) is 22.0. The SMILES string of the molecule is Cc1cc(C(=O)CN2CCN(CC(=O)N3CC(C)CC(C)C3)CC2)c(C)n1-c1ccc2c(c1)OCO2. The van der Waals surface area contributed by atoms with Crippen LogP contribution in [0.1, 0.15) is 42.0 Å². The maximum Gasteiger partial charge on any atom is 0.236 e. The summed E-state index contributed by atoms with van der Waals surface area (Å²) in [6.45, 7) is 14.6. The number of benzene rings is 1. The Morgan fingerprint density at radius 1 is 0.889 bits per heavy atom. The molecule has 1 amide bonds. The number of carbonyl (C=O) groups is 2. The van der Waals surface area contributed by atoms with E-state index in [1.807, 2.05) is 43.0 Å². The van der Waals surface area contributed by atoms with Crippen LogP contribution in [0.15, 0.2) is 24.3 Å². The van der Waals surface area contributed by atoms with E-state index in [2.05, 4.69) is 28.2 Å². The van der Waals surface area contributed by atoms with Crippen molar-refractivity contribution in [1.82, 2.24) is 19.3 Å². The highest BCUT2D eigenvalue weighted by Crippen LogP contribution is 2.35. The van der Waals surface area contributed by atoms with E-state index in [0.717, 1.165) is 73.4 Å². The molecule has 194 valence electrons. The number of hydrogen-bond donors (Lipinski definition) is 0. The molecule has 1 aromatic heterocycles. The van der Waals surface area contributed by atoms with Crippen LogP contribution < -0.4 is 9.47 Å². The monoisotopic (exact) mass is 494 g/mol. The molecule has 2 unspecified atom stereocenters. The van der Waals surface area contributed by atoms with Gasteiger partial charge in [-0.15, -0.1) is 0 Å². The third-order valence-electron chi connectivity index (χ3n) is 7.76. The van der Waals surface area contributed by atoms with Crippen molar-refractivity contribution < 1.29 is 19.1 Å². The third-order valence-corrected chi connectivity index (χ3v) is 7.76. The summed E-state index contributed by atoms with van der Waals surface area (Å²) < 4.78 is 13.1. The average Bonchev–Trinajstić information content (AvgIpc) is 3.42. The molecule has 0 N–H and O–H groups in total. The Labute approximate surface area is 213 Å². The highest BCUT2D eigenvalue weighted by Gasteiger charge is 2.28. The van der Waals surface area contributed by atoms with Gasteiger partial charge in [-0.05, 0) is 50.3 Å². The van der Waals surface area contributed by atoms with E-state index < -0.39 is 0 Å². The fraction of sp³-hybridized carbons (Fsp3) is 0.571. The molecule has 3 aliphatic rings. The van der Waals surface area contributed by atoms with Gasteiger partial charge in [0, 0.05) is 68.0 Å². The highest BCUT2D eigenvalue weighted by atomic mass is 16.7. The summed E-state index contributed by atoms with van der Waals surface area (Å²) >= 11 is 0. The van der Waals surface area contributed by atoms with Crippen LogP contribution >= 0.6 is 0 Å². The molecule has 0 spiro atoms. The lowest BCUT2D eigenvalue weighted by atomic mass is 9.92. The summed E-state index contributed by atoms with van der Waals surface area (Å²) in [6.07, 6.45) is 1.20. The van der Waals surface area contributed by atoms with Crippen LogP contribution in [0.25, 0.3) is 5.69 Å². The van der Waals surface area contributed by atoms with Gasteiger partial charge in [-0.1, -0.05) is 13.8 Å². The average molecular weight is 495 g/mol. The Hall–Kier alpha value is -2.84. The zero-order valence-corrected chi connectivity index (χ0v) is 22.0. The number of ketones is 1. The molecular formula is C28H38N4O4. The molecule has 2 atom stereocenters. The minimum absolute atomic E-state index is 0.135. The molecule has 0 bridgehead atoms. The van der Waals surface area contributed by atoms with Gasteiger partial charge in [-0.2, -0.15) is 0 Å². The van der Waals surface area contributed by atoms with Crippen molar-refractivity contribution in [3.05, 3.63) is 41.2 Å². The Kier molecular flexibility index (Phi) is 7.08. The van der Waals surface area contributed by atoms with Crippen molar-refractivity contribution in [1.29, 1.82) is 0 Å². The number of piperazine rings is 1. The van der Waals surface area contributed by atoms with Crippen molar-refractivity contribution >= 4 is 11.7 Å². The van der Waals surface area contributed by atoms with Crippen LogP contribution in [0.2, 0.25) is 0 Å². The van der Waals surface area contributed by atoms with Crippen LogP contribution in [0.3, 0.4) is 0 Å². The van der Waals surface area contributed by atoms with Crippen LogP contribution in [0, 0.1) is 25.7 Å². The maximum absolute atomic E-state index is 13.3. The largest absolute Gasteiger partial charge is 0.454 e. The third kappa shape index (κ3) is 5.15. The second-order valence-corrected chi connectivity index (χ2v) is 10.9. The number of likely N-dealkylation sites (tertiary alicyclic amines) is 1. The first kappa shape index (κ1) is 24.8. The van der Waals surface area contributed by atoms with Crippen molar-refractivity contribution in [2.24, 2.45) is 11.8 Å². The normalized spacial score (nSPS) is 22.7. The Morgan fingerprint density at radius 2 is 1.53 bits per heavy atom. The Bertz CT molecular complexity index is 1120. The summed E-state index contributed by atoms with van der Waals surface area (Å²) in [6, 6.07) is 7.85. The number of carbonyl (C=O) groups excluding carboxylic acids is 2. The van der Waals surface area contributed by atoms with E-state index >= 15 is 0 Å². The van der Waals surface area contributed by atoms with Crippen molar-refractivity contribution in [3.8, 4) is 17.2 Å². The predicted molar refractivity (Wildman–Crippen MR) is 138 cm³/mol. The molecule has 2 aromatic rings. The van der Waals surface area contributed by atoms with Crippen molar-refractivity contribution in [2.45, 2.75) is 34.1 Å². The van der Waals surface area contributed by atoms with Gasteiger partial charge in [-0.3, -0.25) is 19.4 Å². The number of rotatable bonds is 6. The molecule has 0 radical (unpaired) electrons. The Morgan fingerprint density at radius 3 is 2.22 bits per heavy atom. The van der Waals surface area contributed by atoms with E-state index in [-0.39, 0.29) is 18.5 Å². The summed E-state index contributed by atoms with van der Waals surface area (Å²) in [7, 11) is 0. The molecule has 8 heteroatoms. The van der Waals surface area contributed by atoms with E-state index in [4.69, 9.17) is 9.47 Å². The van der Waals surface area contributed by atoms with Gasteiger partial charge in [0.1, 0.15) is 0 Å². The van der Waals surface area contributed by atoms with Gasteiger partial charge in [-0.25, -0.2) is 0 Å². The lowest BCUT2D eigenvalue weighted by Gasteiger charge is -2.38. The molecule has 4 heterocycles. The van der Waals surface area contributed by atoms with E-state index in [0.29, 0.717) is 24.9 Å². The smallest absolute Gasteiger partial charge is 0.236 e. The number of amides is 1. The first-order valence-corrected chi connectivity index (χ1v) is 13.1. The van der Waals surface area contributed by atoms with Crippen molar-refractivity contribution in [2.75, 3.05) is 59.2 Å². The van der Waals surface area contributed by atoms with Gasteiger partial charge in [0.15, 0.2) is 17.3 Å². The number of hydrogen-bond acceptors (Lipinski definition) is 6. The van der Waals surface area contributed by atoms with Crippen LogP contribution in [-0.4, -0.2) is 90.1 Å². The van der Waals surface area contributed by atoms with Gasteiger partial charge in [0.05, 0.1) is 13.1 Å². The Balaban J connectivity index is 1.16. The molecular weight excluding hydrogens is 456 g/mol. The highest BCUT2D eigenvalue weighted by molar-refractivity contribution is 5.99. The number of piperidine rings is 1. The van der Waals surface area contributed by atoms with Gasteiger partial charge in [0.2, 0.25) is 12.7 Å². The van der Waals surface area contributed by atoms with E-state index in [1.165, 1.54) is 6.42 Å². The molecule has 2 saturated heterocycles. The number of nitrogens with zero attached hydrogens (tertiary/aromatic N) is 4. The lowest BCUT2D eigenvalue weighted by Crippen LogP contribution is -2.52. The first-order chi connectivity index (χ1) is 17.3. The fourth-order valence-electron chi connectivity index (χ4n) is 6.02. The zero-order chi connectivity index (χ0) is 25.4. The molecule has 1 aromatic carbocycles. The molecule has 36 heavy (non-hydrogen) atoms. The number of aromatic nitrogens is 1. The van der Waals surface area contributed by atoms with E-state index in [9.17, 15) is 9.59 Å². The van der Waals surface area contributed by atoms with Crippen LogP contribution in [-0.2, 0) is 4.79 Å². The topological polar surface area (TPSA) is 67.3 Å². The quantitative estimate of drug-likeness (QED) is 0.575. The molecule has 5 rings (SSSR count). The van der Waals surface area contributed by atoms with Gasteiger partial charge in [0.25, 0.3) is 0 Å². The second-order valence-electron chi connectivity index (χ2n) is 10.9. The van der Waals surface area contributed by atoms with Crippen LogP contribution in [0.4, 0.5) is 0 Å². The fourth-order valence-corrected chi connectivity index (χ4v) is 6.02. The lowest BCUT2D eigenvalue weighted by molar-refractivity contribution is -0.135. The van der Waals surface area contributed by atoms with E-state index in [1.54, 1.807) is 0 Å². The number of aryl methyl sites for hydroxylation is 1. The maximum atomic E-state index is 13.3. The van der Waals surface area contributed by atoms with Gasteiger partial charge < -0.3 is 18.9 Å². The predicted octanol–water partition coefficient (Wildman–Crippen LogP) is 3.13. The van der Waals surface area contributed by atoms with Crippen molar-refractivity contribution in [3.63, 3.8) is 0 Å². The first-order valence-electron chi connectivity index (χ1n) is 13.1. The molecule has 0 saturated carbocycles. The summed E-state index contributed by atoms with van der Waals surface area (Å²) in [5.74, 6) is 3.01. The molecule has 3 aliphatic heterocycles. The second kappa shape index (κ2) is 10.3. The summed E-state index contributed by atoms with van der Waals surface area (Å²) in [5.41, 5.74) is 3.67. The minimum atomic E-state index is 0.135. The van der Waals surface area contributed by atoms with Crippen LogP contribution in [0.5, 0.6) is 11.5 Å². The molecule has 2 fully saturated rings. The van der Waals surface area contributed by atoms with Gasteiger partial charge >= 0.3 is 0 Å². The number of fused-ring (bicyclic) bond motifs is 1.